The fraction of sp³-hybridized carbons (Fsp3) is 0.909. The van der Waals surface area contributed by atoms with E-state index in [1.165, 1.54) is 69.1 Å². The number of carboxylic acids is 1. The zero-order chi connectivity index (χ0) is 22.1. The third-order valence-electron chi connectivity index (χ3n) is 4.82. The molecule has 1 rings (SSSR count). The summed E-state index contributed by atoms with van der Waals surface area (Å²) in [4.78, 5) is 23.7. The zero-order valence-corrected chi connectivity index (χ0v) is 19.0. The topological polar surface area (TPSA) is 119 Å². The number of aliphatic carboxylic acids is 1. The van der Waals surface area contributed by atoms with Crippen LogP contribution in [-0.4, -0.2) is 53.3 Å². The van der Waals surface area contributed by atoms with Crippen LogP contribution < -0.4 is 11.5 Å². The Balaban J connectivity index is 0.000000543. The molecule has 1 aliphatic heterocycles. The molecule has 0 unspecified atom stereocenters. The molecule has 29 heavy (non-hydrogen) atoms. The molecule has 172 valence electrons. The Labute approximate surface area is 177 Å². The molecule has 0 bridgehead atoms. The highest BCUT2D eigenvalue weighted by Crippen LogP contribution is 2.20. The molecule has 1 atom stereocenters. The van der Waals surface area contributed by atoms with Crippen molar-refractivity contribution in [2.75, 3.05) is 19.6 Å². The molecular weight excluding hydrogens is 370 g/mol. The van der Waals surface area contributed by atoms with Crippen LogP contribution in [0.2, 0.25) is 0 Å². The molecule has 0 aromatic heterocycles. The summed E-state index contributed by atoms with van der Waals surface area (Å²) in [7, 11) is 0. The first-order valence-electron chi connectivity index (χ1n) is 11.4. The monoisotopic (exact) mass is 415 g/mol. The number of carbonyl (C=O) groups is 2. The van der Waals surface area contributed by atoms with Crippen LogP contribution >= 0.6 is 0 Å². The van der Waals surface area contributed by atoms with Crippen molar-refractivity contribution in [3.8, 4) is 0 Å². The van der Waals surface area contributed by atoms with Crippen LogP contribution in [0.5, 0.6) is 0 Å². The average molecular weight is 416 g/mol. The van der Waals surface area contributed by atoms with E-state index in [0.717, 1.165) is 19.5 Å². The first kappa shape index (κ1) is 27.7. The lowest BCUT2D eigenvalue weighted by Gasteiger charge is -2.26. The van der Waals surface area contributed by atoms with Crippen molar-refractivity contribution in [1.29, 1.82) is 0 Å². The summed E-state index contributed by atoms with van der Waals surface area (Å²) in [5.41, 5.74) is 10.3. The van der Waals surface area contributed by atoms with E-state index in [9.17, 15) is 9.59 Å². The SMILES string of the molecule is CC(C)(C)OC(=O)N1CCC[C@@H]1C(=O)O.NCCCCCCCCCCCCN. The zero-order valence-electron chi connectivity index (χ0n) is 19.0. The summed E-state index contributed by atoms with van der Waals surface area (Å²) in [6, 6.07) is -0.722. The Kier molecular flexibility index (Phi) is 15.7. The number of amides is 1. The Morgan fingerprint density at radius 3 is 1.66 bits per heavy atom. The maximum Gasteiger partial charge on any atom is 0.411 e. The third kappa shape index (κ3) is 15.2. The molecule has 1 heterocycles. The van der Waals surface area contributed by atoms with Crippen molar-refractivity contribution in [3.63, 3.8) is 0 Å². The van der Waals surface area contributed by atoms with E-state index in [0.29, 0.717) is 13.0 Å². The van der Waals surface area contributed by atoms with E-state index >= 15 is 0 Å². The maximum atomic E-state index is 11.6. The van der Waals surface area contributed by atoms with Gasteiger partial charge in [-0.3, -0.25) is 4.90 Å². The van der Waals surface area contributed by atoms with Crippen molar-refractivity contribution >= 4 is 12.1 Å². The second-order valence-electron chi connectivity index (χ2n) is 8.78. The molecule has 1 saturated heterocycles. The van der Waals surface area contributed by atoms with Crippen molar-refractivity contribution in [1.82, 2.24) is 4.90 Å². The second kappa shape index (κ2) is 16.5. The minimum absolute atomic E-state index is 0.464. The smallest absolute Gasteiger partial charge is 0.411 e. The number of rotatable bonds is 12. The van der Waals surface area contributed by atoms with Gasteiger partial charge in [0, 0.05) is 6.54 Å². The van der Waals surface area contributed by atoms with Crippen molar-refractivity contribution in [2.45, 2.75) is 109 Å². The summed E-state index contributed by atoms with van der Waals surface area (Å²) < 4.78 is 5.13. The maximum absolute atomic E-state index is 11.6. The number of carbonyl (C=O) groups excluding carboxylic acids is 1. The lowest BCUT2D eigenvalue weighted by atomic mass is 10.1. The molecular formula is C22H45N3O4. The van der Waals surface area contributed by atoms with E-state index in [1.54, 1.807) is 20.8 Å². The number of hydrogen-bond acceptors (Lipinski definition) is 5. The van der Waals surface area contributed by atoms with Crippen molar-refractivity contribution in [2.24, 2.45) is 11.5 Å². The average Bonchev–Trinajstić information content (AvgIpc) is 3.13. The predicted molar refractivity (Wildman–Crippen MR) is 118 cm³/mol. The minimum Gasteiger partial charge on any atom is -0.480 e. The highest BCUT2D eigenvalue weighted by atomic mass is 16.6. The van der Waals surface area contributed by atoms with Gasteiger partial charge >= 0.3 is 12.1 Å². The number of nitrogens with zero attached hydrogens (tertiary/aromatic N) is 1. The van der Waals surface area contributed by atoms with E-state index in [2.05, 4.69) is 0 Å². The quantitative estimate of drug-likeness (QED) is 0.409. The molecule has 1 fully saturated rings. The highest BCUT2D eigenvalue weighted by Gasteiger charge is 2.36. The van der Waals surface area contributed by atoms with Crippen molar-refractivity contribution < 1.29 is 19.4 Å². The van der Waals surface area contributed by atoms with Gasteiger partial charge in [0.2, 0.25) is 0 Å². The van der Waals surface area contributed by atoms with Crippen molar-refractivity contribution in [3.05, 3.63) is 0 Å². The molecule has 0 aromatic carbocycles. The van der Waals surface area contributed by atoms with Crippen LogP contribution in [0, 0.1) is 0 Å². The Bertz CT molecular complexity index is 426. The van der Waals surface area contributed by atoms with E-state index in [-0.39, 0.29) is 0 Å². The van der Waals surface area contributed by atoms with Gasteiger partial charge in [-0.05, 0) is 59.5 Å². The van der Waals surface area contributed by atoms with Gasteiger partial charge < -0.3 is 21.3 Å². The van der Waals surface area contributed by atoms with Gasteiger partial charge in [-0.1, -0.05) is 51.4 Å². The molecule has 0 saturated carbocycles. The van der Waals surface area contributed by atoms with Gasteiger partial charge in [0.25, 0.3) is 0 Å². The van der Waals surface area contributed by atoms with Crippen LogP contribution in [0.4, 0.5) is 4.79 Å². The van der Waals surface area contributed by atoms with Gasteiger partial charge in [0.15, 0.2) is 0 Å². The van der Waals surface area contributed by atoms with Gasteiger partial charge in [-0.15, -0.1) is 0 Å². The van der Waals surface area contributed by atoms with Crippen LogP contribution in [0.25, 0.3) is 0 Å². The number of hydrogen-bond donors (Lipinski definition) is 3. The summed E-state index contributed by atoms with van der Waals surface area (Å²) >= 11 is 0. The molecule has 0 aliphatic carbocycles. The Morgan fingerprint density at radius 2 is 1.31 bits per heavy atom. The van der Waals surface area contributed by atoms with E-state index in [1.807, 2.05) is 0 Å². The first-order valence-corrected chi connectivity index (χ1v) is 11.4. The Hall–Kier alpha value is -1.34. The van der Waals surface area contributed by atoms with Gasteiger partial charge in [-0.2, -0.15) is 0 Å². The normalized spacial score (nSPS) is 16.3. The fourth-order valence-corrected chi connectivity index (χ4v) is 3.27. The first-order chi connectivity index (χ1) is 13.7. The summed E-state index contributed by atoms with van der Waals surface area (Å²) in [5.74, 6) is -0.960. The highest BCUT2D eigenvalue weighted by molar-refractivity contribution is 5.80. The summed E-state index contributed by atoms with van der Waals surface area (Å²) in [6.07, 6.45) is 14.1. The van der Waals surface area contributed by atoms with E-state index < -0.39 is 23.7 Å². The number of carboxylic acid groups (broad SMARTS) is 1. The van der Waals surface area contributed by atoms with Crippen LogP contribution in [0.15, 0.2) is 0 Å². The van der Waals surface area contributed by atoms with Gasteiger partial charge in [0.1, 0.15) is 11.6 Å². The summed E-state index contributed by atoms with van der Waals surface area (Å²) in [6.45, 7) is 7.47. The molecule has 7 nitrogen and oxygen atoms in total. The standard InChI is InChI=1S/C12H28N2.C10H17NO4/c13-11-9-7-5-3-1-2-4-6-8-10-12-14;1-10(2,3)15-9(14)11-6-4-5-7(11)8(12)13/h1-14H2;7H,4-6H2,1-3H3,(H,12,13)/t;7-/m.1/s1. The second-order valence-corrected chi connectivity index (χ2v) is 8.78. The third-order valence-corrected chi connectivity index (χ3v) is 4.82. The number of ether oxygens (including phenoxy) is 1. The molecule has 0 aromatic rings. The molecule has 1 amide bonds. The van der Waals surface area contributed by atoms with Gasteiger partial charge in [-0.25, -0.2) is 9.59 Å². The lowest BCUT2D eigenvalue weighted by Crippen LogP contribution is -2.43. The predicted octanol–water partition coefficient (Wildman–Crippen LogP) is 4.28. The van der Waals surface area contributed by atoms with Crippen LogP contribution in [0.1, 0.15) is 97.8 Å². The molecule has 5 N–H and O–H groups in total. The number of likely N-dealkylation sites (tertiary alicyclic amines) is 1. The van der Waals surface area contributed by atoms with E-state index in [4.69, 9.17) is 21.3 Å². The largest absolute Gasteiger partial charge is 0.480 e. The minimum atomic E-state index is -0.960. The number of unbranched alkanes of at least 4 members (excludes halogenated alkanes) is 9. The molecule has 0 spiro atoms. The lowest BCUT2D eigenvalue weighted by molar-refractivity contribution is -0.142. The Morgan fingerprint density at radius 1 is 0.897 bits per heavy atom. The molecule has 0 radical (unpaired) electrons. The van der Waals surface area contributed by atoms with Crippen LogP contribution in [-0.2, 0) is 9.53 Å². The summed E-state index contributed by atoms with van der Waals surface area (Å²) in [5, 5.41) is 8.88. The molecule has 1 aliphatic rings. The van der Waals surface area contributed by atoms with Gasteiger partial charge in [0.05, 0.1) is 0 Å². The van der Waals surface area contributed by atoms with Crippen LogP contribution in [0.3, 0.4) is 0 Å². The fourth-order valence-electron chi connectivity index (χ4n) is 3.27. The molecule has 7 heteroatoms. The number of nitrogens with two attached hydrogens (primary N) is 2.